The third kappa shape index (κ3) is 3.01. The molecule has 2 rings (SSSR count). The molecule has 0 aromatic carbocycles. The van der Waals surface area contributed by atoms with E-state index in [0.717, 1.165) is 12.2 Å². The smallest absolute Gasteiger partial charge is 0.140 e. The SMILES string of the molecule is CC(C)CN(c1ccc(C#N)nc1)C1CCCC1. The lowest BCUT2D eigenvalue weighted by Crippen LogP contribution is -2.36. The Morgan fingerprint density at radius 1 is 1.39 bits per heavy atom. The lowest BCUT2D eigenvalue weighted by atomic mass is 10.1. The molecule has 0 amide bonds. The second-order valence-electron chi connectivity index (χ2n) is 5.50. The molecule has 0 unspecified atom stereocenters. The van der Waals surface area contributed by atoms with Crippen LogP contribution in [0.15, 0.2) is 18.3 Å². The van der Waals surface area contributed by atoms with E-state index in [2.05, 4.69) is 29.8 Å². The number of anilines is 1. The van der Waals surface area contributed by atoms with Crippen LogP contribution in [0.5, 0.6) is 0 Å². The summed E-state index contributed by atoms with van der Waals surface area (Å²) < 4.78 is 0. The van der Waals surface area contributed by atoms with Gasteiger partial charge in [-0.1, -0.05) is 26.7 Å². The molecule has 1 fully saturated rings. The molecule has 0 atom stereocenters. The van der Waals surface area contributed by atoms with Crippen LogP contribution in [-0.2, 0) is 0 Å². The van der Waals surface area contributed by atoms with E-state index in [1.807, 2.05) is 18.3 Å². The zero-order valence-corrected chi connectivity index (χ0v) is 11.3. The molecule has 1 aliphatic carbocycles. The van der Waals surface area contributed by atoms with Crippen LogP contribution in [0.4, 0.5) is 5.69 Å². The second kappa shape index (κ2) is 5.86. The summed E-state index contributed by atoms with van der Waals surface area (Å²) in [5.74, 6) is 0.640. The van der Waals surface area contributed by atoms with Crippen molar-refractivity contribution < 1.29 is 0 Å². The Morgan fingerprint density at radius 3 is 2.61 bits per heavy atom. The van der Waals surface area contributed by atoms with Crippen LogP contribution in [0, 0.1) is 17.2 Å². The minimum absolute atomic E-state index is 0.495. The molecule has 18 heavy (non-hydrogen) atoms. The molecule has 1 aromatic heterocycles. The number of pyridine rings is 1. The summed E-state index contributed by atoms with van der Waals surface area (Å²) in [5.41, 5.74) is 1.66. The zero-order valence-electron chi connectivity index (χ0n) is 11.3. The molecule has 0 bridgehead atoms. The number of nitriles is 1. The van der Waals surface area contributed by atoms with Crippen LogP contribution in [0.3, 0.4) is 0 Å². The van der Waals surface area contributed by atoms with E-state index < -0.39 is 0 Å². The van der Waals surface area contributed by atoms with Gasteiger partial charge in [0.1, 0.15) is 11.8 Å². The van der Waals surface area contributed by atoms with Crippen molar-refractivity contribution in [2.75, 3.05) is 11.4 Å². The molecule has 1 saturated carbocycles. The van der Waals surface area contributed by atoms with Crippen LogP contribution < -0.4 is 4.90 Å². The number of hydrogen-bond donors (Lipinski definition) is 0. The molecule has 1 aliphatic rings. The molecule has 3 nitrogen and oxygen atoms in total. The van der Waals surface area contributed by atoms with E-state index >= 15 is 0 Å². The van der Waals surface area contributed by atoms with Gasteiger partial charge in [0, 0.05) is 12.6 Å². The molecule has 1 aromatic rings. The normalized spacial score (nSPS) is 15.9. The van der Waals surface area contributed by atoms with Gasteiger partial charge in [0.05, 0.1) is 11.9 Å². The Bertz CT molecular complexity index is 410. The first-order chi connectivity index (χ1) is 8.70. The molecule has 0 spiro atoms. The Hall–Kier alpha value is -1.56. The molecule has 0 radical (unpaired) electrons. The third-order valence-corrected chi connectivity index (χ3v) is 3.52. The van der Waals surface area contributed by atoms with Gasteiger partial charge in [-0.05, 0) is 30.9 Å². The van der Waals surface area contributed by atoms with E-state index in [9.17, 15) is 0 Å². The quantitative estimate of drug-likeness (QED) is 0.814. The van der Waals surface area contributed by atoms with Crippen molar-refractivity contribution in [3.05, 3.63) is 24.0 Å². The maximum atomic E-state index is 8.80. The average molecular weight is 243 g/mol. The van der Waals surface area contributed by atoms with Gasteiger partial charge in [0.25, 0.3) is 0 Å². The highest BCUT2D eigenvalue weighted by atomic mass is 15.2. The zero-order chi connectivity index (χ0) is 13.0. The topological polar surface area (TPSA) is 39.9 Å². The standard InChI is InChI=1S/C15H21N3/c1-12(2)11-18(14-5-3-4-6-14)15-8-7-13(9-16)17-10-15/h7-8,10,12,14H,3-6,11H2,1-2H3. The first-order valence-electron chi connectivity index (χ1n) is 6.83. The van der Waals surface area contributed by atoms with Gasteiger partial charge < -0.3 is 4.90 Å². The van der Waals surface area contributed by atoms with Gasteiger partial charge in [-0.2, -0.15) is 5.26 Å². The fourth-order valence-electron chi connectivity index (χ4n) is 2.70. The average Bonchev–Trinajstić information content (AvgIpc) is 2.89. The van der Waals surface area contributed by atoms with Gasteiger partial charge in [-0.3, -0.25) is 0 Å². The maximum Gasteiger partial charge on any atom is 0.140 e. The molecule has 0 aliphatic heterocycles. The number of rotatable bonds is 4. The van der Waals surface area contributed by atoms with Crippen LogP contribution in [0.2, 0.25) is 0 Å². The van der Waals surface area contributed by atoms with Crippen molar-refractivity contribution in [2.24, 2.45) is 5.92 Å². The second-order valence-corrected chi connectivity index (χ2v) is 5.50. The first kappa shape index (κ1) is 12.9. The summed E-state index contributed by atoms with van der Waals surface area (Å²) in [6.45, 7) is 5.57. The summed E-state index contributed by atoms with van der Waals surface area (Å²) in [4.78, 5) is 6.67. The molecule has 96 valence electrons. The highest BCUT2D eigenvalue weighted by molar-refractivity contribution is 5.47. The summed E-state index contributed by atoms with van der Waals surface area (Å²) in [6.07, 6.45) is 7.09. The summed E-state index contributed by atoms with van der Waals surface area (Å²) in [6, 6.07) is 6.58. The fourth-order valence-corrected chi connectivity index (χ4v) is 2.70. The van der Waals surface area contributed by atoms with Crippen LogP contribution in [0.25, 0.3) is 0 Å². The van der Waals surface area contributed by atoms with E-state index in [1.165, 1.54) is 25.7 Å². The van der Waals surface area contributed by atoms with E-state index in [-0.39, 0.29) is 0 Å². The molecule has 3 heteroatoms. The van der Waals surface area contributed by atoms with Crippen LogP contribution >= 0.6 is 0 Å². The van der Waals surface area contributed by atoms with E-state index in [0.29, 0.717) is 17.7 Å². The summed E-state index contributed by atoms with van der Waals surface area (Å²) >= 11 is 0. The van der Waals surface area contributed by atoms with Crippen molar-refractivity contribution in [3.8, 4) is 6.07 Å². The molecule has 1 heterocycles. The van der Waals surface area contributed by atoms with Gasteiger partial charge in [0.2, 0.25) is 0 Å². The van der Waals surface area contributed by atoms with Gasteiger partial charge in [0.15, 0.2) is 0 Å². The van der Waals surface area contributed by atoms with Crippen molar-refractivity contribution in [2.45, 2.75) is 45.6 Å². The van der Waals surface area contributed by atoms with Gasteiger partial charge in [-0.25, -0.2) is 4.98 Å². The molecule has 0 saturated heterocycles. The summed E-state index contributed by atoms with van der Waals surface area (Å²) in [7, 11) is 0. The van der Waals surface area contributed by atoms with Crippen LogP contribution in [0.1, 0.15) is 45.2 Å². The van der Waals surface area contributed by atoms with E-state index in [1.54, 1.807) is 0 Å². The third-order valence-electron chi connectivity index (χ3n) is 3.52. The van der Waals surface area contributed by atoms with Gasteiger partial charge in [-0.15, -0.1) is 0 Å². The van der Waals surface area contributed by atoms with Crippen molar-refractivity contribution >= 4 is 5.69 Å². The number of nitrogens with zero attached hydrogens (tertiary/aromatic N) is 3. The van der Waals surface area contributed by atoms with Gasteiger partial charge >= 0.3 is 0 Å². The van der Waals surface area contributed by atoms with Crippen molar-refractivity contribution in [1.29, 1.82) is 5.26 Å². The number of aromatic nitrogens is 1. The Morgan fingerprint density at radius 2 is 2.11 bits per heavy atom. The molecule has 0 N–H and O–H groups in total. The lowest BCUT2D eigenvalue weighted by Gasteiger charge is -2.32. The lowest BCUT2D eigenvalue weighted by molar-refractivity contribution is 0.535. The minimum atomic E-state index is 0.495. The Labute approximate surface area is 109 Å². The van der Waals surface area contributed by atoms with Crippen molar-refractivity contribution in [1.82, 2.24) is 4.98 Å². The Kier molecular flexibility index (Phi) is 4.19. The largest absolute Gasteiger partial charge is 0.367 e. The summed E-state index contributed by atoms with van der Waals surface area (Å²) in [5, 5.41) is 8.80. The maximum absolute atomic E-state index is 8.80. The number of hydrogen-bond acceptors (Lipinski definition) is 3. The molecular weight excluding hydrogens is 222 g/mol. The van der Waals surface area contributed by atoms with Crippen LogP contribution in [-0.4, -0.2) is 17.6 Å². The predicted octanol–water partition coefficient (Wildman–Crippen LogP) is 3.36. The molecular formula is C15H21N3. The fraction of sp³-hybridized carbons (Fsp3) is 0.600. The monoisotopic (exact) mass is 243 g/mol. The Balaban J connectivity index is 2.18. The van der Waals surface area contributed by atoms with Crippen molar-refractivity contribution in [3.63, 3.8) is 0 Å². The minimum Gasteiger partial charge on any atom is -0.367 e. The first-order valence-corrected chi connectivity index (χ1v) is 6.83. The highest BCUT2D eigenvalue weighted by Gasteiger charge is 2.23. The van der Waals surface area contributed by atoms with E-state index in [4.69, 9.17) is 5.26 Å². The predicted molar refractivity (Wildman–Crippen MR) is 73.4 cm³/mol. The highest BCUT2D eigenvalue weighted by Crippen LogP contribution is 2.28.